The molecule has 1 aromatic carbocycles. The summed E-state index contributed by atoms with van der Waals surface area (Å²) in [5, 5.41) is 1.10. The largest absolute Gasteiger partial charge is 0.369 e. The molecule has 0 unspecified atom stereocenters. The molecule has 0 saturated heterocycles. The molecule has 1 aromatic heterocycles. The van der Waals surface area contributed by atoms with E-state index < -0.39 is 0 Å². The minimum Gasteiger partial charge on any atom is -0.369 e. The van der Waals surface area contributed by atoms with Gasteiger partial charge in [-0.25, -0.2) is 0 Å². The van der Waals surface area contributed by atoms with Crippen LogP contribution in [0, 0.1) is 0 Å². The van der Waals surface area contributed by atoms with Crippen LogP contribution in [0.15, 0.2) is 24.4 Å². The first-order valence-corrected chi connectivity index (χ1v) is 5.46. The summed E-state index contributed by atoms with van der Waals surface area (Å²) in [6.45, 7) is 4.31. The van der Waals surface area contributed by atoms with E-state index in [1.165, 1.54) is 5.56 Å². The summed E-state index contributed by atoms with van der Waals surface area (Å²) in [6, 6.07) is 6.29. The van der Waals surface area contributed by atoms with Crippen LogP contribution in [-0.4, -0.2) is 10.9 Å². The molecule has 0 spiro atoms. The van der Waals surface area contributed by atoms with E-state index in [1.807, 2.05) is 6.20 Å². The first-order valence-electron chi connectivity index (χ1n) is 5.46. The number of hydrogen-bond donors (Lipinski definition) is 2. The van der Waals surface area contributed by atoms with E-state index in [2.05, 4.69) is 37.0 Å². The minimum atomic E-state index is -0.296. The zero-order chi connectivity index (χ0) is 11.7. The highest BCUT2D eigenvalue weighted by molar-refractivity contribution is 5.88. The molecule has 0 saturated carbocycles. The first-order chi connectivity index (χ1) is 7.58. The second-order valence-electron chi connectivity index (χ2n) is 4.42. The zero-order valence-electron chi connectivity index (χ0n) is 9.58. The van der Waals surface area contributed by atoms with Gasteiger partial charge in [-0.15, -0.1) is 0 Å². The molecule has 0 radical (unpaired) electrons. The Labute approximate surface area is 94.6 Å². The fourth-order valence-corrected chi connectivity index (χ4v) is 1.89. The van der Waals surface area contributed by atoms with E-state index in [4.69, 9.17) is 5.73 Å². The van der Waals surface area contributed by atoms with Gasteiger partial charge >= 0.3 is 0 Å². The van der Waals surface area contributed by atoms with Gasteiger partial charge in [-0.3, -0.25) is 4.79 Å². The molecule has 0 fully saturated rings. The second-order valence-corrected chi connectivity index (χ2v) is 4.42. The fraction of sp³-hybridized carbons (Fsp3) is 0.308. The van der Waals surface area contributed by atoms with E-state index in [0.717, 1.165) is 16.5 Å². The number of nitrogens with one attached hydrogen (secondary N) is 1. The molecule has 0 aliphatic heterocycles. The van der Waals surface area contributed by atoms with Gasteiger partial charge in [-0.05, 0) is 29.2 Å². The van der Waals surface area contributed by atoms with Crippen molar-refractivity contribution in [1.29, 1.82) is 0 Å². The van der Waals surface area contributed by atoms with Crippen molar-refractivity contribution in [3.05, 3.63) is 35.5 Å². The van der Waals surface area contributed by atoms with Gasteiger partial charge in [-0.1, -0.05) is 19.9 Å². The number of amides is 1. The lowest BCUT2D eigenvalue weighted by molar-refractivity contribution is -0.117. The third-order valence-corrected chi connectivity index (χ3v) is 2.82. The average Bonchev–Trinajstić information content (AvgIpc) is 2.60. The van der Waals surface area contributed by atoms with Crippen molar-refractivity contribution in [2.45, 2.75) is 26.2 Å². The molecule has 1 heterocycles. The minimum absolute atomic E-state index is 0.293. The molecule has 3 nitrogen and oxygen atoms in total. The molecule has 2 rings (SSSR count). The van der Waals surface area contributed by atoms with Crippen LogP contribution in [-0.2, 0) is 11.2 Å². The summed E-state index contributed by atoms with van der Waals surface area (Å²) in [5.74, 6) is 0.191. The smallest absolute Gasteiger partial charge is 0.221 e. The number of fused-ring (bicyclic) bond motifs is 1. The van der Waals surface area contributed by atoms with Crippen LogP contribution < -0.4 is 5.73 Å². The Morgan fingerprint density at radius 2 is 2.19 bits per heavy atom. The molecular weight excluding hydrogens is 200 g/mol. The van der Waals surface area contributed by atoms with E-state index in [1.54, 1.807) is 0 Å². The molecule has 3 N–H and O–H groups in total. The van der Waals surface area contributed by atoms with E-state index in [0.29, 0.717) is 12.3 Å². The van der Waals surface area contributed by atoms with Crippen molar-refractivity contribution in [2.75, 3.05) is 0 Å². The molecule has 2 aromatic rings. The molecule has 84 valence electrons. The Bertz CT molecular complexity index is 526. The zero-order valence-corrected chi connectivity index (χ0v) is 9.58. The highest BCUT2D eigenvalue weighted by Crippen LogP contribution is 2.24. The van der Waals surface area contributed by atoms with E-state index >= 15 is 0 Å². The Kier molecular flexibility index (Phi) is 2.69. The normalized spacial score (nSPS) is 11.2. The molecule has 0 atom stereocenters. The number of hydrogen-bond acceptors (Lipinski definition) is 1. The van der Waals surface area contributed by atoms with Crippen LogP contribution in [0.1, 0.15) is 30.9 Å². The maximum absolute atomic E-state index is 10.9. The van der Waals surface area contributed by atoms with Crippen LogP contribution in [0.3, 0.4) is 0 Å². The van der Waals surface area contributed by atoms with E-state index in [9.17, 15) is 4.79 Å². The lowest BCUT2D eigenvalue weighted by atomic mass is 10.00. The summed E-state index contributed by atoms with van der Waals surface area (Å²) >= 11 is 0. The lowest BCUT2D eigenvalue weighted by Gasteiger charge is -2.05. The molecule has 16 heavy (non-hydrogen) atoms. The third kappa shape index (κ3) is 1.94. The first kappa shape index (κ1) is 10.7. The number of primary amides is 1. The lowest BCUT2D eigenvalue weighted by Crippen LogP contribution is -2.13. The van der Waals surface area contributed by atoms with Crippen molar-refractivity contribution in [2.24, 2.45) is 5.73 Å². The second kappa shape index (κ2) is 4.00. The number of H-pyrrole nitrogens is 1. The van der Waals surface area contributed by atoms with Crippen LogP contribution in [0.25, 0.3) is 10.9 Å². The van der Waals surface area contributed by atoms with Crippen molar-refractivity contribution in [3.63, 3.8) is 0 Å². The quantitative estimate of drug-likeness (QED) is 0.812. The van der Waals surface area contributed by atoms with Gasteiger partial charge < -0.3 is 10.7 Å². The third-order valence-electron chi connectivity index (χ3n) is 2.82. The SMILES string of the molecule is CC(C)c1ccc2[nH]cc(CC(N)=O)c2c1. The molecule has 3 heteroatoms. The molecule has 0 aliphatic carbocycles. The standard InChI is InChI=1S/C13H16N2O/c1-8(2)9-3-4-12-11(5-9)10(7-15-12)6-13(14)16/h3-5,7-8,15H,6H2,1-2H3,(H2,14,16). The maximum Gasteiger partial charge on any atom is 0.221 e. The number of rotatable bonds is 3. The van der Waals surface area contributed by atoms with Gasteiger partial charge in [0.1, 0.15) is 0 Å². The highest BCUT2D eigenvalue weighted by atomic mass is 16.1. The van der Waals surface area contributed by atoms with Gasteiger partial charge in [0.15, 0.2) is 0 Å². The van der Waals surface area contributed by atoms with E-state index in [-0.39, 0.29) is 5.91 Å². The Morgan fingerprint density at radius 1 is 1.44 bits per heavy atom. The van der Waals surface area contributed by atoms with Crippen LogP contribution in [0.5, 0.6) is 0 Å². The predicted molar refractivity (Wildman–Crippen MR) is 65.3 cm³/mol. The number of benzene rings is 1. The number of carbonyl (C=O) groups is 1. The summed E-state index contributed by atoms with van der Waals surface area (Å²) in [6.07, 6.45) is 2.15. The van der Waals surface area contributed by atoms with Gasteiger partial charge in [0.05, 0.1) is 6.42 Å². The molecule has 0 bridgehead atoms. The van der Waals surface area contributed by atoms with Crippen LogP contribution in [0.2, 0.25) is 0 Å². The van der Waals surface area contributed by atoms with Crippen molar-refractivity contribution in [1.82, 2.24) is 4.98 Å². The molecule has 1 amide bonds. The van der Waals surface area contributed by atoms with Crippen LogP contribution >= 0.6 is 0 Å². The summed E-state index contributed by atoms with van der Waals surface area (Å²) in [7, 11) is 0. The molecule has 0 aliphatic rings. The average molecular weight is 216 g/mol. The van der Waals surface area contributed by atoms with Gasteiger partial charge in [-0.2, -0.15) is 0 Å². The number of carbonyl (C=O) groups excluding carboxylic acids is 1. The summed E-state index contributed by atoms with van der Waals surface area (Å²) in [4.78, 5) is 14.1. The number of aromatic amines is 1. The van der Waals surface area contributed by atoms with Gasteiger partial charge in [0, 0.05) is 17.1 Å². The molecular formula is C13H16N2O. The predicted octanol–water partition coefficient (Wildman–Crippen LogP) is 2.32. The monoisotopic (exact) mass is 216 g/mol. The summed E-state index contributed by atoms with van der Waals surface area (Å²) < 4.78 is 0. The Morgan fingerprint density at radius 3 is 2.81 bits per heavy atom. The highest BCUT2D eigenvalue weighted by Gasteiger charge is 2.08. The van der Waals surface area contributed by atoms with Gasteiger partial charge in [0.25, 0.3) is 0 Å². The van der Waals surface area contributed by atoms with Crippen LogP contribution in [0.4, 0.5) is 0 Å². The van der Waals surface area contributed by atoms with Crippen molar-refractivity contribution >= 4 is 16.8 Å². The number of nitrogens with two attached hydrogens (primary N) is 1. The number of aromatic nitrogens is 1. The fourth-order valence-electron chi connectivity index (χ4n) is 1.89. The Balaban J connectivity index is 2.51. The summed E-state index contributed by atoms with van der Waals surface area (Å²) in [5.41, 5.74) is 8.53. The Hall–Kier alpha value is -1.77. The van der Waals surface area contributed by atoms with Crippen molar-refractivity contribution in [3.8, 4) is 0 Å². The van der Waals surface area contributed by atoms with Gasteiger partial charge in [0.2, 0.25) is 5.91 Å². The topological polar surface area (TPSA) is 58.9 Å². The maximum atomic E-state index is 10.9. The van der Waals surface area contributed by atoms with Crippen molar-refractivity contribution < 1.29 is 4.79 Å².